The van der Waals surface area contributed by atoms with Crippen LogP contribution in [0.15, 0.2) is 83.4 Å². The number of rotatable bonds is 7. The van der Waals surface area contributed by atoms with Gasteiger partial charge in [-0.2, -0.15) is 0 Å². The second-order valence-corrected chi connectivity index (χ2v) is 9.62. The Kier molecular flexibility index (Phi) is 11.5. The van der Waals surface area contributed by atoms with Crippen molar-refractivity contribution in [2.45, 2.75) is 39.7 Å². The van der Waals surface area contributed by atoms with E-state index in [1.807, 2.05) is 32.9 Å². The third-order valence-electron chi connectivity index (χ3n) is 6.43. The molecule has 8 nitrogen and oxygen atoms in total. The molecule has 1 atom stereocenters. The van der Waals surface area contributed by atoms with E-state index in [-0.39, 0.29) is 27.9 Å². The lowest BCUT2D eigenvalue weighted by molar-refractivity contribution is 0.0992. The number of amides is 1. The fourth-order valence-corrected chi connectivity index (χ4v) is 4.69. The van der Waals surface area contributed by atoms with Crippen LogP contribution in [0.4, 0.5) is 15.9 Å². The van der Waals surface area contributed by atoms with Crippen LogP contribution in [0, 0.1) is 5.82 Å². The summed E-state index contributed by atoms with van der Waals surface area (Å²) in [6.45, 7) is 9.48. The number of fused-ring (bicyclic) bond motifs is 1. The van der Waals surface area contributed by atoms with Crippen LogP contribution in [0.5, 0.6) is 0 Å². The Morgan fingerprint density at radius 1 is 1.24 bits per heavy atom. The van der Waals surface area contributed by atoms with Crippen molar-refractivity contribution in [3.63, 3.8) is 0 Å². The summed E-state index contributed by atoms with van der Waals surface area (Å²) in [4.78, 5) is 26.3. The third kappa shape index (κ3) is 7.74. The molecular weight excluding hydrogens is 561 g/mol. The molecule has 1 aliphatic carbocycles. The normalized spacial score (nSPS) is 14.2. The van der Waals surface area contributed by atoms with E-state index in [1.54, 1.807) is 43.7 Å². The third-order valence-corrected chi connectivity index (χ3v) is 6.94. The molecule has 0 radical (unpaired) electrons. The maximum Gasteiger partial charge on any atom is 0.259 e. The maximum atomic E-state index is 14.7. The minimum Gasteiger partial charge on any atom is -0.351 e. The minimum atomic E-state index is -0.373. The van der Waals surface area contributed by atoms with Gasteiger partial charge in [0.15, 0.2) is 10.9 Å². The van der Waals surface area contributed by atoms with Crippen molar-refractivity contribution in [3.05, 3.63) is 106 Å². The molecule has 1 aromatic carbocycles. The van der Waals surface area contributed by atoms with Gasteiger partial charge in [0, 0.05) is 25.6 Å². The number of hydrogen-bond donors (Lipinski definition) is 3. The first-order chi connectivity index (χ1) is 19.8. The Morgan fingerprint density at radius 3 is 2.71 bits per heavy atom. The Hall–Kier alpha value is -4.15. The molecular formula is C30H33ClFN7OS. The number of hydrogen-bond acceptors (Lipinski definition) is 6. The molecule has 4 rings (SSSR count). The first kappa shape index (κ1) is 31.4. The molecule has 0 aliphatic heterocycles. The van der Waals surface area contributed by atoms with E-state index < -0.39 is 0 Å². The van der Waals surface area contributed by atoms with Gasteiger partial charge < -0.3 is 10.2 Å². The van der Waals surface area contributed by atoms with Gasteiger partial charge in [0.05, 0.1) is 28.5 Å². The van der Waals surface area contributed by atoms with Gasteiger partial charge in [-0.1, -0.05) is 37.6 Å². The Balaban J connectivity index is 0.00000226. The summed E-state index contributed by atoms with van der Waals surface area (Å²) in [7, 11) is 1.63. The van der Waals surface area contributed by atoms with Crippen molar-refractivity contribution in [1.29, 1.82) is 0 Å². The number of benzene rings is 1. The highest BCUT2D eigenvalue weighted by atomic mass is 35.5. The van der Waals surface area contributed by atoms with Crippen LogP contribution in [0.3, 0.4) is 0 Å². The van der Waals surface area contributed by atoms with E-state index in [0.717, 1.165) is 16.7 Å². The van der Waals surface area contributed by atoms with Gasteiger partial charge >= 0.3 is 0 Å². The van der Waals surface area contributed by atoms with Gasteiger partial charge in [-0.05, 0) is 91.3 Å². The summed E-state index contributed by atoms with van der Waals surface area (Å²) in [6, 6.07) is 9.68. The molecule has 1 unspecified atom stereocenters. The number of hydrazine groups is 1. The first-order valence-corrected chi connectivity index (χ1v) is 13.8. The topological polar surface area (TPSA) is 94.5 Å². The van der Waals surface area contributed by atoms with Crippen molar-refractivity contribution in [3.8, 4) is 0 Å². The quantitative estimate of drug-likeness (QED) is 0.162. The number of carbonyl (C=O) groups is 1. The monoisotopic (exact) mass is 593 g/mol. The zero-order chi connectivity index (χ0) is 29.9. The van der Waals surface area contributed by atoms with E-state index in [1.165, 1.54) is 23.4 Å². The van der Waals surface area contributed by atoms with E-state index in [9.17, 15) is 9.18 Å². The zero-order valence-corrected chi connectivity index (χ0v) is 25.0. The minimum absolute atomic E-state index is 0.244. The highest BCUT2D eigenvalue weighted by Crippen LogP contribution is 2.35. The molecule has 1 amide bonds. The summed E-state index contributed by atoms with van der Waals surface area (Å²) >= 11 is 12.0. The van der Waals surface area contributed by atoms with Crippen LogP contribution in [0.2, 0.25) is 5.02 Å². The standard InChI is InChI=1S/C28H27ClFN7OS.C2H6/c1-17-18(11-13-31-2)9-10-21-22(7-4-8-24(21)30)25(17)34-28(39)36-35-26-23(29)14-20(16-33-26)37(3)27(38)19-6-5-12-32-15-19;1-2/h4-8,11-16,25H,2,9-10H2,1,3H3,(H,33,35)(H2,34,36,39);1-2H3/b13-11-;. The summed E-state index contributed by atoms with van der Waals surface area (Å²) in [5.41, 5.74) is 10.2. The van der Waals surface area contributed by atoms with Gasteiger partial charge in [0.2, 0.25) is 0 Å². The van der Waals surface area contributed by atoms with Crippen LogP contribution in [-0.4, -0.2) is 34.8 Å². The number of nitrogens with one attached hydrogen (secondary N) is 3. The fraction of sp³-hybridized carbons (Fsp3) is 0.233. The number of nitrogens with zero attached hydrogens (tertiary/aromatic N) is 4. The highest BCUT2D eigenvalue weighted by molar-refractivity contribution is 7.80. The average Bonchev–Trinajstić information content (AvgIpc) is 3.13. The number of carbonyl (C=O) groups excluding carboxylic acids is 1. The van der Waals surface area contributed by atoms with Crippen LogP contribution >= 0.6 is 23.8 Å². The lowest BCUT2D eigenvalue weighted by atomic mass is 9.95. The summed E-state index contributed by atoms with van der Waals surface area (Å²) in [6.07, 6.45) is 9.33. The molecule has 3 N–H and O–H groups in total. The maximum absolute atomic E-state index is 14.7. The first-order valence-electron chi connectivity index (χ1n) is 13.1. The Bertz CT molecular complexity index is 1460. The number of thiocarbonyl (C=S) groups is 1. The van der Waals surface area contributed by atoms with E-state index >= 15 is 0 Å². The second kappa shape index (κ2) is 15.0. The lowest BCUT2D eigenvalue weighted by Gasteiger charge is -2.24. The molecule has 0 fully saturated rings. The number of halogens is 2. The molecule has 2 aromatic heterocycles. The molecule has 2 heterocycles. The van der Waals surface area contributed by atoms with Crippen LogP contribution in [0.1, 0.15) is 54.7 Å². The van der Waals surface area contributed by atoms with Crippen LogP contribution in [-0.2, 0) is 6.42 Å². The lowest BCUT2D eigenvalue weighted by Crippen LogP contribution is -2.41. The predicted molar refractivity (Wildman–Crippen MR) is 169 cm³/mol. The van der Waals surface area contributed by atoms with Crippen LogP contribution < -0.4 is 21.1 Å². The Morgan fingerprint density at radius 2 is 2.02 bits per heavy atom. The number of aliphatic imine (C=N–C) groups is 1. The molecule has 41 heavy (non-hydrogen) atoms. The van der Waals surface area contributed by atoms with Crippen molar-refractivity contribution >= 4 is 53.1 Å². The second-order valence-electron chi connectivity index (χ2n) is 8.80. The highest BCUT2D eigenvalue weighted by Gasteiger charge is 2.25. The van der Waals surface area contributed by atoms with Gasteiger partial charge in [-0.3, -0.25) is 25.6 Å². The number of pyridine rings is 2. The summed E-state index contributed by atoms with van der Waals surface area (Å²) in [5.74, 6) is -0.182. The molecule has 0 bridgehead atoms. The molecule has 11 heteroatoms. The molecule has 0 spiro atoms. The predicted octanol–water partition coefficient (Wildman–Crippen LogP) is 6.58. The largest absolute Gasteiger partial charge is 0.351 e. The smallest absolute Gasteiger partial charge is 0.259 e. The summed E-state index contributed by atoms with van der Waals surface area (Å²) < 4.78 is 14.7. The Labute approximate surface area is 250 Å². The number of anilines is 2. The number of allylic oxidation sites excluding steroid dienone is 2. The van der Waals surface area contributed by atoms with Crippen molar-refractivity contribution in [2.75, 3.05) is 17.4 Å². The molecule has 0 saturated heterocycles. The van der Waals surface area contributed by atoms with Crippen LogP contribution in [0.25, 0.3) is 0 Å². The van der Waals surface area contributed by atoms with Gasteiger partial charge in [0.25, 0.3) is 5.91 Å². The van der Waals surface area contributed by atoms with Gasteiger partial charge in [0.1, 0.15) is 5.82 Å². The van der Waals surface area contributed by atoms with Crippen molar-refractivity contribution < 1.29 is 9.18 Å². The zero-order valence-electron chi connectivity index (χ0n) is 23.4. The molecule has 1 aliphatic rings. The summed E-state index contributed by atoms with van der Waals surface area (Å²) in [5, 5.41) is 3.81. The molecule has 214 valence electrons. The SMILES string of the molecule is C=N/C=C\C1=C(C)C(NC(=S)NNc2ncc(N(C)C(=O)c3cccnc3)cc2Cl)c2cccc(F)c2CC1.CC. The molecule has 3 aromatic rings. The van der Waals surface area contributed by atoms with Gasteiger partial charge in [-0.25, -0.2) is 9.37 Å². The van der Waals surface area contributed by atoms with E-state index in [2.05, 4.69) is 37.8 Å². The van der Waals surface area contributed by atoms with E-state index in [0.29, 0.717) is 35.5 Å². The van der Waals surface area contributed by atoms with Gasteiger partial charge in [-0.15, -0.1) is 0 Å². The average molecular weight is 594 g/mol. The van der Waals surface area contributed by atoms with Crippen molar-refractivity contribution in [1.82, 2.24) is 20.7 Å². The molecule has 0 saturated carbocycles. The number of aromatic nitrogens is 2. The fourth-order valence-electron chi connectivity index (χ4n) is 4.32. The van der Waals surface area contributed by atoms with E-state index in [4.69, 9.17) is 23.8 Å². The van der Waals surface area contributed by atoms with Crippen molar-refractivity contribution in [2.24, 2.45) is 4.99 Å².